The van der Waals surface area contributed by atoms with Crippen LogP contribution < -0.4 is 10.7 Å². The third-order valence-corrected chi connectivity index (χ3v) is 8.32. The minimum atomic E-state index is -0.742. The van der Waals surface area contributed by atoms with Gasteiger partial charge in [-0.25, -0.2) is 5.43 Å². The fourth-order valence-electron chi connectivity index (χ4n) is 5.02. The van der Waals surface area contributed by atoms with Gasteiger partial charge in [-0.15, -0.1) is 5.10 Å². The molecule has 0 radical (unpaired) electrons. The summed E-state index contributed by atoms with van der Waals surface area (Å²) in [7, 11) is 1.96. The standard InChI is InChI=1S/C23H38N4O3S/c1-3-18-15-31-23(27(18)2)26-25-22(30)20(28)19(16-11-9-6-10-12-16)24-21(29)17-13-7-4-5-8-14-17/h16-19H,3-15H2,1-2H3,(H,24,29)(H,25,30)/t18-,19?/m1/s1. The first-order valence-electron chi connectivity index (χ1n) is 12.1. The highest BCUT2D eigenvalue weighted by atomic mass is 32.2. The molecule has 0 aromatic rings. The van der Waals surface area contributed by atoms with Gasteiger partial charge in [0.2, 0.25) is 11.7 Å². The summed E-state index contributed by atoms with van der Waals surface area (Å²) in [5.41, 5.74) is 2.47. The lowest BCUT2D eigenvalue weighted by molar-refractivity contribution is -0.141. The number of hydrogen-bond donors (Lipinski definition) is 2. The quantitative estimate of drug-likeness (QED) is 0.352. The second-order valence-corrected chi connectivity index (χ2v) is 10.2. The van der Waals surface area contributed by atoms with E-state index in [4.69, 9.17) is 0 Å². The molecular formula is C23H38N4O3S. The lowest BCUT2D eigenvalue weighted by Crippen LogP contribution is -2.52. The number of nitrogens with one attached hydrogen (secondary N) is 2. The van der Waals surface area contributed by atoms with E-state index in [1.807, 2.05) is 11.9 Å². The maximum absolute atomic E-state index is 13.1. The van der Waals surface area contributed by atoms with Crippen molar-refractivity contribution in [2.75, 3.05) is 12.8 Å². The molecule has 2 N–H and O–H groups in total. The average Bonchev–Trinajstić information content (AvgIpc) is 2.97. The number of Topliss-reactive ketones (excluding diaryl/α,β-unsaturated/α-hetero) is 1. The van der Waals surface area contributed by atoms with Gasteiger partial charge < -0.3 is 10.2 Å². The van der Waals surface area contributed by atoms with Crippen LogP contribution in [0, 0.1) is 11.8 Å². The van der Waals surface area contributed by atoms with Crippen molar-refractivity contribution in [2.24, 2.45) is 16.9 Å². The molecule has 2 aliphatic carbocycles. The molecule has 3 rings (SSSR count). The van der Waals surface area contributed by atoms with Crippen LogP contribution in [0.15, 0.2) is 5.10 Å². The summed E-state index contributed by atoms with van der Waals surface area (Å²) in [5, 5.41) is 7.94. The fraction of sp³-hybridized carbons (Fsp3) is 0.826. The Bertz CT molecular complexity index is 670. The third kappa shape index (κ3) is 6.46. The molecule has 2 atom stereocenters. The van der Waals surface area contributed by atoms with Crippen LogP contribution in [0.4, 0.5) is 0 Å². The summed E-state index contributed by atoms with van der Waals surface area (Å²) in [6.07, 6.45) is 12.2. The van der Waals surface area contributed by atoms with Crippen LogP contribution in [0.3, 0.4) is 0 Å². The first-order valence-corrected chi connectivity index (χ1v) is 13.1. The average molecular weight is 451 g/mol. The van der Waals surface area contributed by atoms with Gasteiger partial charge in [0.15, 0.2) is 5.17 Å². The van der Waals surface area contributed by atoms with Gasteiger partial charge in [0, 0.05) is 24.8 Å². The molecule has 3 fully saturated rings. The van der Waals surface area contributed by atoms with Gasteiger partial charge in [0.25, 0.3) is 0 Å². The number of rotatable bonds is 7. The molecule has 1 aliphatic heterocycles. The second kappa shape index (κ2) is 11.9. The molecule has 0 aromatic carbocycles. The van der Waals surface area contributed by atoms with Crippen LogP contribution in [0.5, 0.6) is 0 Å². The number of nitrogens with zero attached hydrogens (tertiary/aromatic N) is 2. The normalized spacial score (nSPS) is 25.8. The molecule has 31 heavy (non-hydrogen) atoms. The zero-order chi connectivity index (χ0) is 22.2. The zero-order valence-corrected chi connectivity index (χ0v) is 19.8. The molecule has 3 aliphatic rings. The van der Waals surface area contributed by atoms with E-state index in [9.17, 15) is 14.4 Å². The highest BCUT2D eigenvalue weighted by Gasteiger charge is 2.36. The van der Waals surface area contributed by atoms with E-state index in [0.29, 0.717) is 6.04 Å². The number of amidine groups is 1. The topological polar surface area (TPSA) is 90.9 Å². The summed E-state index contributed by atoms with van der Waals surface area (Å²) >= 11 is 1.58. The molecule has 1 saturated heterocycles. The lowest BCUT2D eigenvalue weighted by atomic mass is 9.81. The number of amides is 2. The van der Waals surface area contributed by atoms with Gasteiger partial charge in [-0.1, -0.05) is 63.6 Å². The predicted octanol–water partition coefficient (Wildman–Crippen LogP) is 3.44. The molecule has 7 nitrogen and oxygen atoms in total. The van der Waals surface area contributed by atoms with E-state index in [1.165, 1.54) is 12.8 Å². The monoisotopic (exact) mass is 450 g/mol. The van der Waals surface area contributed by atoms with Crippen molar-refractivity contribution < 1.29 is 14.4 Å². The predicted molar refractivity (Wildman–Crippen MR) is 125 cm³/mol. The van der Waals surface area contributed by atoms with Gasteiger partial charge in [-0.2, -0.15) is 0 Å². The molecule has 0 spiro atoms. The molecule has 2 saturated carbocycles. The van der Waals surface area contributed by atoms with Gasteiger partial charge in [-0.3, -0.25) is 14.4 Å². The van der Waals surface area contributed by atoms with Crippen molar-refractivity contribution in [3.63, 3.8) is 0 Å². The molecule has 1 unspecified atom stereocenters. The minimum Gasteiger partial charge on any atom is -0.349 e. The molecule has 0 aromatic heterocycles. The van der Waals surface area contributed by atoms with Crippen LogP contribution in [0.25, 0.3) is 0 Å². The Hall–Kier alpha value is -1.57. The van der Waals surface area contributed by atoms with E-state index >= 15 is 0 Å². The van der Waals surface area contributed by atoms with Crippen LogP contribution in [0.2, 0.25) is 0 Å². The van der Waals surface area contributed by atoms with Crippen molar-refractivity contribution in [1.29, 1.82) is 0 Å². The van der Waals surface area contributed by atoms with Crippen molar-refractivity contribution in [3.05, 3.63) is 0 Å². The number of carbonyl (C=O) groups excluding carboxylic acids is 3. The van der Waals surface area contributed by atoms with Gasteiger partial charge in [-0.05, 0) is 38.0 Å². The number of hydrazone groups is 1. The third-order valence-electron chi connectivity index (χ3n) is 7.13. The minimum absolute atomic E-state index is 0.0300. The van der Waals surface area contributed by atoms with Crippen molar-refractivity contribution in [1.82, 2.24) is 15.6 Å². The van der Waals surface area contributed by atoms with E-state index in [2.05, 4.69) is 22.8 Å². The lowest BCUT2D eigenvalue weighted by Gasteiger charge is -2.30. The van der Waals surface area contributed by atoms with Crippen LogP contribution in [0.1, 0.15) is 84.0 Å². The Labute approximate surface area is 190 Å². The van der Waals surface area contributed by atoms with Crippen molar-refractivity contribution >= 4 is 34.5 Å². The second-order valence-electron chi connectivity index (χ2n) is 9.26. The first kappa shape index (κ1) is 24.1. The highest BCUT2D eigenvalue weighted by Crippen LogP contribution is 2.29. The van der Waals surface area contributed by atoms with E-state index in [-0.39, 0.29) is 17.7 Å². The largest absolute Gasteiger partial charge is 0.349 e. The zero-order valence-electron chi connectivity index (χ0n) is 19.0. The summed E-state index contributed by atoms with van der Waals surface area (Å²) in [6.45, 7) is 2.12. The maximum atomic E-state index is 13.1. The fourth-order valence-corrected chi connectivity index (χ4v) is 6.28. The Balaban J connectivity index is 1.65. The Morgan fingerprint density at radius 2 is 1.65 bits per heavy atom. The molecule has 174 valence electrons. The van der Waals surface area contributed by atoms with E-state index in [1.54, 1.807) is 11.8 Å². The Morgan fingerprint density at radius 3 is 2.26 bits per heavy atom. The summed E-state index contributed by atoms with van der Waals surface area (Å²) in [6, 6.07) is -0.348. The number of thioether (sulfide) groups is 1. The molecule has 8 heteroatoms. The van der Waals surface area contributed by atoms with Crippen molar-refractivity contribution in [2.45, 2.75) is 96.1 Å². The first-order chi connectivity index (χ1) is 15.0. The highest BCUT2D eigenvalue weighted by molar-refractivity contribution is 8.14. The van der Waals surface area contributed by atoms with Gasteiger partial charge in [0.05, 0.1) is 0 Å². The van der Waals surface area contributed by atoms with Crippen LogP contribution in [-0.2, 0) is 14.4 Å². The number of hydrogen-bond acceptors (Lipinski definition) is 5. The van der Waals surface area contributed by atoms with Crippen LogP contribution in [-0.4, -0.2) is 52.5 Å². The molecule has 2 amide bonds. The Morgan fingerprint density at radius 1 is 1.03 bits per heavy atom. The van der Waals surface area contributed by atoms with E-state index < -0.39 is 17.7 Å². The molecule has 1 heterocycles. The number of ketones is 1. The Kier molecular flexibility index (Phi) is 9.23. The van der Waals surface area contributed by atoms with Crippen LogP contribution >= 0.6 is 11.8 Å². The SMILES string of the molecule is CC[C@@H]1CSC(=NNC(=O)C(=O)C(NC(=O)C2CCCCCC2)C2CCCCC2)N1C. The summed E-state index contributed by atoms with van der Waals surface area (Å²) in [4.78, 5) is 40.8. The van der Waals surface area contributed by atoms with Gasteiger partial charge in [0.1, 0.15) is 6.04 Å². The smallest absolute Gasteiger partial charge is 0.309 e. The molecule has 0 bridgehead atoms. The summed E-state index contributed by atoms with van der Waals surface area (Å²) in [5.74, 6) is -0.421. The van der Waals surface area contributed by atoms with E-state index in [0.717, 1.165) is 75.1 Å². The molecular weight excluding hydrogens is 412 g/mol. The number of carbonyl (C=O) groups is 3. The van der Waals surface area contributed by atoms with Gasteiger partial charge >= 0.3 is 5.91 Å². The summed E-state index contributed by atoms with van der Waals surface area (Å²) < 4.78 is 0. The van der Waals surface area contributed by atoms with Crippen molar-refractivity contribution in [3.8, 4) is 0 Å². The maximum Gasteiger partial charge on any atom is 0.309 e.